The first-order valence-corrected chi connectivity index (χ1v) is 7.62. The molecule has 0 spiro atoms. The van der Waals surface area contributed by atoms with Crippen LogP contribution < -0.4 is 5.32 Å². The van der Waals surface area contributed by atoms with E-state index in [0.29, 0.717) is 12.0 Å². The van der Waals surface area contributed by atoms with Crippen LogP contribution in [0.15, 0.2) is 22.7 Å². The summed E-state index contributed by atoms with van der Waals surface area (Å²) in [5.74, 6) is 0.481. The molecule has 1 amide bonds. The standard InChI is InChI=1S/C14H20N2O2S/c1-11-5-2-3-7-13(11)16-14(17)10-18-15-9-12-6-4-8-19-12/h4,6,8-9,11,13H,2-3,5,7,10H2,1H3,(H,16,17)/b15-9+. The largest absolute Gasteiger partial charge is 0.386 e. The van der Waals surface area contributed by atoms with E-state index >= 15 is 0 Å². The Hall–Kier alpha value is -1.36. The fourth-order valence-corrected chi connectivity index (χ4v) is 2.90. The third-order valence-corrected chi connectivity index (χ3v) is 4.26. The summed E-state index contributed by atoms with van der Waals surface area (Å²) in [5, 5.41) is 8.79. The second-order valence-electron chi connectivity index (χ2n) is 4.96. The summed E-state index contributed by atoms with van der Waals surface area (Å²) < 4.78 is 0. The third-order valence-electron chi connectivity index (χ3n) is 3.45. The van der Waals surface area contributed by atoms with Crippen LogP contribution in [0, 0.1) is 5.92 Å². The maximum atomic E-state index is 11.7. The zero-order valence-corrected chi connectivity index (χ0v) is 12.0. The van der Waals surface area contributed by atoms with E-state index in [4.69, 9.17) is 4.84 Å². The summed E-state index contributed by atoms with van der Waals surface area (Å²) in [4.78, 5) is 17.7. The van der Waals surface area contributed by atoms with Crippen LogP contribution in [-0.4, -0.2) is 24.8 Å². The summed E-state index contributed by atoms with van der Waals surface area (Å²) in [7, 11) is 0. The number of hydrogen-bond acceptors (Lipinski definition) is 4. The van der Waals surface area contributed by atoms with E-state index in [1.54, 1.807) is 17.6 Å². The molecule has 5 heteroatoms. The van der Waals surface area contributed by atoms with Crippen LogP contribution in [0.4, 0.5) is 0 Å². The maximum absolute atomic E-state index is 11.7. The van der Waals surface area contributed by atoms with Gasteiger partial charge in [-0.05, 0) is 30.2 Å². The Balaban J connectivity index is 1.67. The summed E-state index contributed by atoms with van der Waals surface area (Å²) in [6, 6.07) is 4.19. The number of carbonyl (C=O) groups excluding carboxylic acids is 1. The fraction of sp³-hybridized carbons (Fsp3) is 0.571. The summed E-state index contributed by atoms with van der Waals surface area (Å²) in [5.41, 5.74) is 0. The minimum absolute atomic E-state index is 0.00883. The number of oxime groups is 1. The van der Waals surface area contributed by atoms with Crippen LogP contribution >= 0.6 is 11.3 Å². The van der Waals surface area contributed by atoms with Crippen molar-refractivity contribution in [3.8, 4) is 0 Å². The van der Waals surface area contributed by atoms with Gasteiger partial charge in [0.25, 0.3) is 5.91 Å². The maximum Gasteiger partial charge on any atom is 0.261 e. The SMILES string of the molecule is CC1CCCCC1NC(=O)CO/N=C/c1cccs1. The Kier molecular flexibility index (Phi) is 5.39. The first-order valence-electron chi connectivity index (χ1n) is 6.74. The van der Waals surface area contributed by atoms with Gasteiger partial charge in [-0.15, -0.1) is 11.3 Å². The van der Waals surface area contributed by atoms with Crippen LogP contribution in [0.25, 0.3) is 0 Å². The highest BCUT2D eigenvalue weighted by Gasteiger charge is 2.22. The van der Waals surface area contributed by atoms with Gasteiger partial charge in [0, 0.05) is 10.9 Å². The van der Waals surface area contributed by atoms with Crippen molar-refractivity contribution < 1.29 is 9.63 Å². The number of rotatable bonds is 5. The van der Waals surface area contributed by atoms with Crippen LogP contribution in [0.2, 0.25) is 0 Å². The predicted octanol–water partition coefficient (Wildman–Crippen LogP) is 2.79. The van der Waals surface area contributed by atoms with E-state index in [1.807, 2.05) is 17.5 Å². The molecule has 1 N–H and O–H groups in total. The normalized spacial score (nSPS) is 23.4. The molecule has 0 bridgehead atoms. The molecular formula is C14H20N2O2S. The molecule has 19 heavy (non-hydrogen) atoms. The van der Waals surface area contributed by atoms with E-state index in [2.05, 4.69) is 17.4 Å². The average Bonchev–Trinajstić information content (AvgIpc) is 2.91. The van der Waals surface area contributed by atoms with Gasteiger partial charge in [0.2, 0.25) is 0 Å². The Morgan fingerprint density at radius 1 is 1.58 bits per heavy atom. The summed E-state index contributed by atoms with van der Waals surface area (Å²) >= 11 is 1.58. The molecule has 1 saturated carbocycles. The minimum Gasteiger partial charge on any atom is -0.386 e. The Morgan fingerprint density at radius 2 is 2.42 bits per heavy atom. The zero-order chi connectivity index (χ0) is 13.5. The molecule has 1 fully saturated rings. The first kappa shape index (κ1) is 14.1. The van der Waals surface area contributed by atoms with E-state index < -0.39 is 0 Å². The van der Waals surface area contributed by atoms with Crippen LogP contribution in [0.5, 0.6) is 0 Å². The lowest BCUT2D eigenvalue weighted by Gasteiger charge is -2.29. The molecule has 0 aromatic carbocycles. The second-order valence-corrected chi connectivity index (χ2v) is 5.94. The number of hydrogen-bond donors (Lipinski definition) is 1. The predicted molar refractivity (Wildman–Crippen MR) is 77.4 cm³/mol. The molecular weight excluding hydrogens is 260 g/mol. The van der Waals surface area contributed by atoms with Gasteiger partial charge >= 0.3 is 0 Å². The van der Waals surface area contributed by atoms with Crippen molar-refractivity contribution >= 4 is 23.5 Å². The summed E-state index contributed by atoms with van der Waals surface area (Å²) in [6.45, 7) is 2.19. The Labute approximate surface area is 117 Å². The van der Waals surface area contributed by atoms with Gasteiger partial charge in [-0.3, -0.25) is 4.79 Å². The van der Waals surface area contributed by atoms with Crippen LogP contribution in [0.3, 0.4) is 0 Å². The van der Waals surface area contributed by atoms with Crippen molar-refractivity contribution in [2.24, 2.45) is 11.1 Å². The molecule has 1 aromatic heterocycles. The van der Waals surface area contributed by atoms with Crippen molar-refractivity contribution in [2.45, 2.75) is 38.6 Å². The van der Waals surface area contributed by atoms with Crippen LogP contribution in [-0.2, 0) is 9.63 Å². The van der Waals surface area contributed by atoms with Gasteiger partial charge in [0.05, 0.1) is 6.21 Å². The van der Waals surface area contributed by atoms with Crippen molar-refractivity contribution in [1.29, 1.82) is 0 Å². The number of amides is 1. The fourth-order valence-electron chi connectivity index (χ4n) is 2.33. The summed E-state index contributed by atoms with van der Waals surface area (Å²) in [6.07, 6.45) is 6.37. The molecule has 104 valence electrons. The van der Waals surface area contributed by atoms with Gasteiger partial charge in [0.15, 0.2) is 6.61 Å². The van der Waals surface area contributed by atoms with E-state index in [1.165, 1.54) is 19.3 Å². The quantitative estimate of drug-likeness (QED) is 0.666. The molecule has 1 heterocycles. The highest BCUT2D eigenvalue weighted by molar-refractivity contribution is 7.11. The Bertz CT molecular complexity index is 417. The molecule has 1 aromatic rings. The topological polar surface area (TPSA) is 50.7 Å². The number of nitrogens with zero attached hydrogens (tertiary/aromatic N) is 1. The number of nitrogens with one attached hydrogen (secondary N) is 1. The molecule has 1 aliphatic rings. The number of thiophene rings is 1. The zero-order valence-electron chi connectivity index (χ0n) is 11.2. The monoisotopic (exact) mass is 280 g/mol. The molecule has 2 rings (SSSR count). The van der Waals surface area contributed by atoms with Gasteiger partial charge in [0.1, 0.15) is 0 Å². The van der Waals surface area contributed by atoms with Crippen LogP contribution in [0.1, 0.15) is 37.5 Å². The van der Waals surface area contributed by atoms with Crippen molar-refractivity contribution in [1.82, 2.24) is 5.32 Å². The van der Waals surface area contributed by atoms with Crippen molar-refractivity contribution in [3.05, 3.63) is 22.4 Å². The minimum atomic E-state index is -0.0814. The molecule has 0 saturated heterocycles. The van der Waals surface area contributed by atoms with Gasteiger partial charge in [-0.25, -0.2) is 0 Å². The smallest absolute Gasteiger partial charge is 0.261 e. The van der Waals surface area contributed by atoms with E-state index in [9.17, 15) is 4.79 Å². The van der Waals surface area contributed by atoms with Crippen molar-refractivity contribution in [2.75, 3.05) is 6.61 Å². The van der Waals surface area contributed by atoms with E-state index in [-0.39, 0.29) is 12.5 Å². The third kappa shape index (κ3) is 4.67. The highest BCUT2D eigenvalue weighted by atomic mass is 32.1. The van der Waals surface area contributed by atoms with Gasteiger partial charge < -0.3 is 10.2 Å². The highest BCUT2D eigenvalue weighted by Crippen LogP contribution is 2.23. The van der Waals surface area contributed by atoms with Gasteiger partial charge in [-0.1, -0.05) is 31.0 Å². The van der Waals surface area contributed by atoms with E-state index in [0.717, 1.165) is 11.3 Å². The Morgan fingerprint density at radius 3 is 3.16 bits per heavy atom. The lowest BCUT2D eigenvalue weighted by molar-refractivity contribution is -0.126. The lowest BCUT2D eigenvalue weighted by Crippen LogP contribution is -2.42. The average molecular weight is 280 g/mol. The lowest BCUT2D eigenvalue weighted by atomic mass is 9.86. The molecule has 0 aliphatic heterocycles. The van der Waals surface area contributed by atoms with Gasteiger partial charge in [-0.2, -0.15) is 0 Å². The molecule has 4 nitrogen and oxygen atoms in total. The number of carbonyl (C=O) groups is 1. The molecule has 0 radical (unpaired) electrons. The second kappa shape index (κ2) is 7.28. The molecule has 2 unspecified atom stereocenters. The first-order chi connectivity index (χ1) is 9.25. The van der Waals surface area contributed by atoms with Crippen molar-refractivity contribution in [3.63, 3.8) is 0 Å². The molecule has 2 atom stereocenters. The molecule has 1 aliphatic carbocycles.